The third kappa shape index (κ3) is 2.78. The zero-order valence-electron chi connectivity index (χ0n) is 12.2. The molecule has 0 unspecified atom stereocenters. The van der Waals surface area contributed by atoms with Crippen LogP contribution in [0, 0.1) is 6.92 Å². The molecule has 1 amide bonds. The zero-order valence-corrected chi connectivity index (χ0v) is 12.2. The molecule has 2 rings (SSSR count). The van der Waals surface area contributed by atoms with E-state index in [1.54, 1.807) is 0 Å². The van der Waals surface area contributed by atoms with Crippen molar-refractivity contribution < 1.29 is 4.79 Å². The highest BCUT2D eigenvalue weighted by Crippen LogP contribution is 2.22. The third-order valence-corrected chi connectivity index (χ3v) is 2.96. The number of aromatic amines is 1. The molecule has 1 aromatic carbocycles. The topological polar surface area (TPSA) is 57.8 Å². The van der Waals surface area contributed by atoms with Crippen molar-refractivity contribution in [3.05, 3.63) is 29.1 Å². The Kier molecular flexibility index (Phi) is 3.60. The molecule has 19 heavy (non-hydrogen) atoms. The Labute approximate surface area is 113 Å². The van der Waals surface area contributed by atoms with Crippen molar-refractivity contribution in [2.24, 2.45) is 0 Å². The first-order chi connectivity index (χ1) is 8.88. The Morgan fingerprint density at radius 3 is 2.53 bits per heavy atom. The number of aryl methyl sites for hydroxylation is 1. The number of rotatable bonds is 3. The maximum Gasteiger partial charge on any atom is 0.253 e. The van der Waals surface area contributed by atoms with E-state index in [-0.39, 0.29) is 11.9 Å². The smallest absolute Gasteiger partial charge is 0.253 e. The highest BCUT2D eigenvalue weighted by Gasteiger charge is 2.16. The Balaban J connectivity index is 2.56. The van der Waals surface area contributed by atoms with E-state index >= 15 is 0 Å². The maximum atomic E-state index is 12.2. The molecule has 0 aliphatic heterocycles. The summed E-state index contributed by atoms with van der Waals surface area (Å²) in [6.45, 7) is 10.1. The van der Waals surface area contributed by atoms with Gasteiger partial charge in [-0.1, -0.05) is 13.8 Å². The molecule has 0 fully saturated rings. The van der Waals surface area contributed by atoms with E-state index in [1.807, 2.05) is 32.9 Å². The van der Waals surface area contributed by atoms with Gasteiger partial charge in [0.15, 0.2) is 0 Å². The molecule has 0 bridgehead atoms. The number of fused-ring (bicyclic) bond motifs is 1. The van der Waals surface area contributed by atoms with Crippen LogP contribution in [0.1, 0.15) is 55.4 Å². The zero-order chi connectivity index (χ0) is 14.2. The fourth-order valence-electron chi connectivity index (χ4n) is 2.07. The number of nitrogens with zero attached hydrogens (tertiary/aromatic N) is 1. The van der Waals surface area contributed by atoms with Crippen molar-refractivity contribution in [2.75, 3.05) is 0 Å². The quantitative estimate of drug-likeness (QED) is 0.889. The minimum atomic E-state index is -0.0643. The van der Waals surface area contributed by atoms with Crippen molar-refractivity contribution in [3.63, 3.8) is 0 Å². The molecule has 0 atom stereocenters. The molecule has 2 N–H and O–H groups in total. The van der Waals surface area contributed by atoms with E-state index in [0.29, 0.717) is 11.5 Å². The summed E-state index contributed by atoms with van der Waals surface area (Å²) in [5.41, 5.74) is 3.39. The molecule has 102 valence electrons. The number of H-pyrrole nitrogens is 1. The van der Waals surface area contributed by atoms with Gasteiger partial charge in [-0.15, -0.1) is 0 Å². The van der Waals surface area contributed by atoms with Crippen LogP contribution in [-0.4, -0.2) is 21.9 Å². The van der Waals surface area contributed by atoms with Gasteiger partial charge in [-0.05, 0) is 38.5 Å². The first-order valence-corrected chi connectivity index (χ1v) is 6.69. The van der Waals surface area contributed by atoms with Gasteiger partial charge >= 0.3 is 0 Å². The monoisotopic (exact) mass is 259 g/mol. The van der Waals surface area contributed by atoms with Crippen LogP contribution in [0.5, 0.6) is 0 Å². The first-order valence-electron chi connectivity index (χ1n) is 6.69. The van der Waals surface area contributed by atoms with E-state index in [0.717, 1.165) is 22.4 Å². The first kappa shape index (κ1) is 13.6. The normalized spacial score (nSPS) is 11.5. The van der Waals surface area contributed by atoms with Gasteiger partial charge in [-0.25, -0.2) is 4.98 Å². The van der Waals surface area contributed by atoms with Crippen molar-refractivity contribution in [2.45, 2.75) is 46.6 Å². The standard InChI is InChI=1S/C15H21N3O/c1-8(2)14-17-12-7-10(5)6-11(13(12)18-14)15(19)16-9(3)4/h6-9H,1-5H3,(H,16,19)(H,17,18). The van der Waals surface area contributed by atoms with Crippen molar-refractivity contribution in [1.82, 2.24) is 15.3 Å². The van der Waals surface area contributed by atoms with Crippen LogP contribution >= 0.6 is 0 Å². The molecule has 0 radical (unpaired) electrons. The fraction of sp³-hybridized carbons (Fsp3) is 0.467. The second kappa shape index (κ2) is 5.03. The summed E-state index contributed by atoms with van der Waals surface area (Å²) >= 11 is 0. The van der Waals surface area contributed by atoms with Crippen molar-refractivity contribution >= 4 is 16.9 Å². The predicted octanol–water partition coefficient (Wildman–Crippen LogP) is 3.13. The van der Waals surface area contributed by atoms with Crippen LogP contribution in [0.3, 0.4) is 0 Å². The average molecular weight is 259 g/mol. The van der Waals surface area contributed by atoms with Gasteiger partial charge in [-0.2, -0.15) is 0 Å². The molecule has 1 aromatic heterocycles. The fourth-order valence-corrected chi connectivity index (χ4v) is 2.07. The molecule has 0 saturated heterocycles. The number of hydrogen-bond acceptors (Lipinski definition) is 2. The van der Waals surface area contributed by atoms with Crippen LogP contribution in [0.25, 0.3) is 11.0 Å². The molecular formula is C15H21N3O. The minimum Gasteiger partial charge on any atom is -0.350 e. The Bertz CT molecular complexity index is 611. The summed E-state index contributed by atoms with van der Waals surface area (Å²) in [5, 5.41) is 2.92. The van der Waals surface area contributed by atoms with E-state index in [2.05, 4.69) is 29.1 Å². The van der Waals surface area contributed by atoms with Gasteiger partial charge in [0.05, 0.1) is 11.1 Å². The van der Waals surface area contributed by atoms with Crippen molar-refractivity contribution in [1.29, 1.82) is 0 Å². The molecule has 4 heteroatoms. The number of carbonyl (C=O) groups is 1. The highest BCUT2D eigenvalue weighted by molar-refractivity contribution is 6.05. The largest absolute Gasteiger partial charge is 0.350 e. The maximum absolute atomic E-state index is 12.2. The Morgan fingerprint density at radius 2 is 1.95 bits per heavy atom. The van der Waals surface area contributed by atoms with E-state index in [4.69, 9.17) is 0 Å². The summed E-state index contributed by atoms with van der Waals surface area (Å²) in [6, 6.07) is 4.04. The molecule has 0 aliphatic carbocycles. The lowest BCUT2D eigenvalue weighted by molar-refractivity contribution is 0.0944. The Hall–Kier alpha value is -1.84. The van der Waals surface area contributed by atoms with E-state index in [1.165, 1.54) is 0 Å². The van der Waals surface area contributed by atoms with Crippen LogP contribution in [0.15, 0.2) is 12.1 Å². The molecule has 4 nitrogen and oxygen atoms in total. The number of hydrogen-bond donors (Lipinski definition) is 2. The van der Waals surface area contributed by atoms with Crippen LogP contribution in [0.2, 0.25) is 0 Å². The number of amides is 1. The minimum absolute atomic E-state index is 0.0643. The van der Waals surface area contributed by atoms with Gasteiger partial charge < -0.3 is 10.3 Å². The van der Waals surface area contributed by atoms with Gasteiger partial charge in [0, 0.05) is 12.0 Å². The Morgan fingerprint density at radius 1 is 1.26 bits per heavy atom. The number of aromatic nitrogens is 2. The summed E-state index contributed by atoms with van der Waals surface area (Å²) in [5.74, 6) is 1.17. The van der Waals surface area contributed by atoms with Gasteiger partial charge in [0.1, 0.15) is 11.3 Å². The lowest BCUT2D eigenvalue weighted by Crippen LogP contribution is -2.30. The third-order valence-electron chi connectivity index (χ3n) is 2.96. The second-order valence-corrected chi connectivity index (χ2v) is 5.61. The molecule has 1 heterocycles. The molecular weight excluding hydrogens is 238 g/mol. The van der Waals surface area contributed by atoms with Crippen LogP contribution < -0.4 is 5.32 Å². The van der Waals surface area contributed by atoms with Gasteiger partial charge in [0.2, 0.25) is 0 Å². The molecule has 0 aliphatic rings. The number of nitrogens with one attached hydrogen (secondary N) is 2. The molecule has 0 saturated carbocycles. The summed E-state index contributed by atoms with van der Waals surface area (Å²) in [7, 11) is 0. The number of carbonyl (C=O) groups excluding carboxylic acids is 1. The van der Waals surface area contributed by atoms with E-state index in [9.17, 15) is 4.79 Å². The number of imidazole rings is 1. The summed E-state index contributed by atoms with van der Waals surface area (Å²) in [4.78, 5) is 20.1. The van der Waals surface area contributed by atoms with E-state index < -0.39 is 0 Å². The lowest BCUT2D eigenvalue weighted by atomic mass is 10.1. The molecule has 2 aromatic rings. The molecule has 0 spiro atoms. The van der Waals surface area contributed by atoms with Gasteiger partial charge in [-0.3, -0.25) is 4.79 Å². The second-order valence-electron chi connectivity index (χ2n) is 5.61. The van der Waals surface area contributed by atoms with Crippen LogP contribution in [0.4, 0.5) is 0 Å². The lowest BCUT2D eigenvalue weighted by Gasteiger charge is -2.09. The summed E-state index contributed by atoms with van der Waals surface area (Å²) in [6.07, 6.45) is 0. The summed E-state index contributed by atoms with van der Waals surface area (Å²) < 4.78 is 0. The van der Waals surface area contributed by atoms with Crippen LogP contribution in [-0.2, 0) is 0 Å². The number of benzene rings is 1. The highest BCUT2D eigenvalue weighted by atomic mass is 16.1. The predicted molar refractivity (Wildman–Crippen MR) is 77.5 cm³/mol. The van der Waals surface area contributed by atoms with Crippen molar-refractivity contribution in [3.8, 4) is 0 Å². The SMILES string of the molecule is Cc1cc(C(=O)NC(C)C)c2nc(C(C)C)[nH]c2c1. The van der Waals surface area contributed by atoms with Gasteiger partial charge in [0.25, 0.3) is 5.91 Å². The average Bonchev–Trinajstić information content (AvgIpc) is 2.70.